The largest absolute Gasteiger partial charge is 0.304 e. The Morgan fingerprint density at radius 3 is 2.33 bits per heavy atom. The number of nitrogens with zero attached hydrogens (tertiary/aromatic N) is 1. The molecule has 0 aromatic carbocycles. The molecule has 1 heterocycles. The van der Waals surface area contributed by atoms with E-state index in [4.69, 9.17) is 0 Å². The van der Waals surface area contributed by atoms with E-state index in [1.54, 1.807) is 0 Å². The highest BCUT2D eigenvalue weighted by molar-refractivity contribution is 4.90. The van der Waals surface area contributed by atoms with Crippen molar-refractivity contribution in [3.63, 3.8) is 0 Å². The Bertz CT molecular complexity index is 111. The van der Waals surface area contributed by atoms with Gasteiger partial charge >= 0.3 is 0 Å². The summed E-state index contributed by atoms with van der Waals surface area (Å²) in [4.78, 5) is 0. The molecule has 0 spiro atoms. The van der Waals surface area contributed by atoms with E-state index in [1.165, 1.54) is 5.69 Å². The van der Waals surface area contributed by atoms with E-state index in [9.17, 15) is 0 Å². The van der Waals surface area contributed by atoms with Crippen molar-refractivity contribution in [3.8, 4) is 0 Å². The molecule has 1 rings (SSSR count). The minimum atomic E-state index is 1.29. The van der Waals surface area contributed by atoms with Crippen molar-refractivity contribution in [2.24, 2.45) is 7.05 Å². The first-order chi connectivity index (χ1) is 2.80. The van der Waals surface area contributed by atoms with Gasteiger partial charge in [-0.25, -0.2) is 0 Å². The van der Waals surface area contributed by atoms with E-state index in [-0.39, 0.29) is 0 Å². The van der Waals surface area contributed by atoms with Gasteiger partial charge in [-0.3, -0.25) is 4.68 Å². The van der Waals surface area contributed by atoms with Crippen LogP contribution in [0.5, 0.6) is 0 Å². The van der Waals surface area contributed by atoms with Gasteiger partial charge in [0.1, 0.15) is 0 Å². The van der Waals surface area contributed by atoms with Crippen LogP contribution in [0.2, 0.25) is 0 Å². The SMILES string of the molecule is Cc1c[nH]n1C. The highest BCUT2D eigenvalue weighted by Gasteiger charge is 1.84. The van der Waals surface area contributed by atoms with Gasteiger partial charge in [-0.1, -0.05) is 0 Å². The first kappa shape index (κ1) is 3.53. The zero-order valence-electron chi connectivity index (χ0n) is 4.02. The zero-order valence-corrected chi connectivity index (χ0v) is 4.02. The molecule has 1 N–H and O–H groups in total. The number of aromatic amines is 1. The molecule has 0 aliphatic heterocycles. The van der Waals surface area contributed by atoms with Gasteiger partial charge in [0.05, 0.1) is 0 Å². The lowest BCUT2D eigenvalue weighted by Crippen LogP contribution is -2.05. The van der Waals surface area contributed by atoms with Crippen LogP contribution in [0.25, 0.3) is 0 Å². The number of H-pyrrole nitrogens is 1. The molecule has 0 bridgehead atoms. The van der Waals surface area contributed by atoms with Crippen LogP contribution in [0.1, 0.15) is 5.69 Å². The van der Waals surface area contributed by atoms with E-state index in [0.717, 1.165) is 0 Å². The van der Waals surface area contributed by atoms with Crippen LogP contribution in [-0.2, 0) is 7.05 Å². The van der Waals surface area contributed by atoms with Crippen molar-refractivity contribution in [2.45, 2.75) is 6.92 Å². The summed E-state index contributed by atoms with van der Waals surface area (Å²) in [6, 6.07) is 0. The quantitative estimate of drug-likeness (QED) is 0.476. The number of aryl methyl sites for hydroxylation is 2. The van der Waals surface area contributed by atoms with E-state index < -0.39 is 0 Å². The van der Waals surface area contributed by atoms with Crippen LogP contribution in [-0.4, -0.2) is 9.78 Å². The van der Waals surface area contributed by atoms with Gasteiger partial charge in [0, 0.05) is 18.9 Å². The molecule has 1 aromatic heterocycles. The van der Waals surface area contributed by atoms with Crippen molar-refractivity contribution in [1.29, 1.82) is 0 Å². The maximum absolute atomic E-state index is 2.93. The molecule has 0 fully saturated rings. The monoisotopic (exact) mass is 84.1 g/mol. The van der Waals surface area contributed by atoms with E-state index >= 15 is 0 Å². The molecule has 0 aliphatic rings. The lowest BCUT2D eigenvalue weighted by atomic mass is 10.5. The average Bonchev–Trinajstić information content (AvgIpc) is 1.61. The highest BCUT2D eigenvalue weighted by atomic mass is 15.3. The summed E-state index contributed by atoms with van der Waals surface area (Å²) in [5.74, 6) is 0. The minimum Gasteiger partial charge on any atom is -0.304 e. The number of hydrogen-bond donors (Lipinski definition) is 1. The van der Waals surface area contributed by atoms with Gasteiger partial charge < -0.3 is 5.10 Å². The van der Waals surface area contributed by atoms with E-state index in [0.29, 0.717) is 0 Å². The summed E-state index contributed by atoms with van der Waals surface area (Å²) in [7, 11) is 1.98. The number of nitrogens with one attached hydrogen (secondary N) is 1. The van der Waals surface area contributed by atoms with Gasteiger partial charge in [0.2, 0.25) is 0 Å². The van der Waals surface area contributed by atoms with Crippen molar-refractivity contribution in [3.05, 3.63) is 11.9 Å². The van der Waals surface area contributed by atoms with Gasteiger partial charge in [-0.15, -0.1) is 0 Å². The zero-order chi connectivity index (χ0) is 4.57. The molecule has 0 saturated carbocycles. The summed E-state index contributed by atoms with van der Waals surface area (Å²) >= 11 is 0. The fourth-order valence-corrected chi connectivity index (χ4v) is 0.323. The maximum atomic E-state index is 2.93. The highest BCUT2D eigenvalue weighted by Crippen LogP contribution is 1.89. The van der Waals surface area contributed by atoms with Crippen LogP contribution >= 0.6 is 0 Å². The normalized spacial score (nSPS) is 9.67. The third-order valence-electron chi connectivity index (χ3n) is 0.996. The molecular weight excluding hydrogens is 76.1 g/mol. The van der Waals surface area contributed by atoms with Crippen LogP contribution in [0, 0.1) is 6.92 Å². The van der Waals surface area contributed by atoms with Gasteiger partial charge in [0.15, 0.2) is 0 Å². The summed E-state index contributed by atoms with van der Waals surface area (Å²) in [6.07, 6.45) is 1.96. The Balaban J connectivity index is 2.87. The van der Waals surface area contributed by atoms with Crippen LogP contribution < -0.4 is 0 Å². The smallest absolute Gasteiger partial charge is 0.0487 e. The molecule has 0 radical (unpaired) electrons. The Kier molecular flexibility index (Phi) is 0.528. The van der Waals surface area contributed by atoms with Gasteiger partial charge in [-0.2, -0.15) is 0 Å². The molecule has 0 saturated heterocycles. The summed E-state index contributed by atoms with van der Waals surface area (Å²) < 4.78 is 1.96. The van der Waals surface area contributed by atoms with Gasteiger partial charge in [0.25, 0.3) is 0 Å². The molecule has 0 atom stereocenters. The summed E-state index contributed by atoms with van der Waals surface area (Å²) in [5.41, 5.74) is 1.29. The standard InChI is InChI=1S/C4H8N2/c1-4-3-5-6(4)2/h3,5H,1-2H3. The number of hydrogen-bond acceptors (Lipinski definition) is 0. The molecule has 2 nitrogen and oxygen atoms in total. The second kappa shape index (κ2) is 0.899. The first-order valence-corrected chi connectivity index (χ1v) is 1.97. The first-order valence-electron chi connectivity index (χ1n) is 1.97. The average molecular weight is 84.1 g/mol. The Morgan fingerprint density at radius 2 is 2.33 bits per heavy atom. The van der Waals surface area contributed by atoms with Crippen LogP contribution in [0.4, 0.5) is 0 Å². The molecule has 0 aliphatic carbocycles. The van der Waals surface area contributed by atoms with Crippen molar-refractivity contribution < 1.29 is 0 Å². The molecule has 0 unspecified atom stereocenters. The molecule has 6 heavy (non-hydrogen) atoms. The second-order valence-electron chi connectivity index (χ2n) is 1.47. The molecule has 2 heteroatoms. The van der Waals surface area contributed by atoms with E-state index in [1.807, 2.05) is 17.9 Å². The second-order valence-corrected chi connectivity index (χ2v) is 1.47. The van der Waals surface area contributed by atoms with Crippen LogP contribution in [0.15, 0.2) is 6.20 Å². The van der Waals surface area contributed by atoms with Crippen LogP contribution in [0.3, 0.4) is 0 Å². The molecule has 1 aromatic rings. The number of aromatic nitrogens is 2. The van der Waals surface area contributed by atoms with Crippen molar-refractivity contribution in [2.75, 3.05) is 0 Å². The third-order valence-corrected chi connectivity index (χ3v) is 0.996. The van der Waals surface area contributed by atoms with Gasteiger partial charge in [-0.05, 0) is 6.92 Å². The summed E-state index contributed by atoms with van der Waals surface area (Å²) in [5, 5.41) is 2.93. The van der Waals surface area contributed by atoms with Crippen molar-refractivity contribution >= 4 is 0 Å². The Morgan fingerprint density at radius 1 is 1.83 bits per heavy atom. The summed E-state index contributed by atoms with van der Waals surface area (Å²) in [6.45, 7) is 2.05. The fourth-order valence-electron chi connectivity index (χ4n) is 0.323. The predicted molar refractivity (Wildman–Crippen MR) is 24.5 cm³/mol. The molecular formula is C4H8N2. The maximum Gasteiger partial charge on any atom is 0.0487 e. The molecule has 0 amide bonds. The lowest BCUT2D eigenvalue weighted by Gasteiger charge is -2.05. The van der Waals surface area contributed by atoms with E-state index in [2.05, 4.69) is 12.0 Å². The Hall–Kier alpha value is -0.660. The Labute approximate surface area is 36.8 Å². The molecule has 34 valence electrons. The van der Waals surface area contributed by atoms with Crippen molar-refractivity contribution in [1.82, 2.24) is 9.78 Å². The lowest BCUT2D eigenvalue weighted by molar-refractivity contribution is 0.654. The predicted octanol–water partition coefficient (Wildman–Crippen LogP) is 0.662. The third kappa shape index (κ3) is 0.263. The minimum absolute atomic E-state index is 1.29. The fraction of sp³-hybridized carbons (Fsp3) is 0.500. The topological polar surface area (TPSA) is 20.7 Å². The number of rotatable bonds is 0.